The fourth-order valence-corrected chi connectivity index (χ4v) is 1.49. The molecule has 0 saturated heterocycles. The lowest BCUT2D eigenvalue weighted by atomic mass is 10.3. The third-order valence-electron chi connectivity index (χ3n) is 1.51. The van der Waals surface area contributed by atoms with Crippen LogP contribution in [0.2, 0.25) is 0 Å². The van der Waals surface area contributed by atoms with Crippen LogP contribution in [0.25, 0.3) is 0 Å². The van der Waals surface area contributed by atoms with Gasteiger partial charge in [-0.2, -0.15) is 0 Å². The number of rotatable bonds is 2. The summed E-state index contributed by atoms with van der Waals surface area (Å²) in [6.07, 6.45) is 1.40. The highest BCUT2D eigenvalue weighted by molar-refractivity contribution is 7.91. The van der Waals surface area contributed by atoms with Gasteiger partial charge in [0.25, 0.3) is 0 Å². The van der Waals surface area contributed by atoms with Crippen LogP contribution in [-0.2, 0) is 9.73 Å². The predicted molar refractivity (Wildman–Crippen MR) is 48.0 cm³/mol. The van der Waals surface area contributed by atoms with Gasteiger partial charge in [-0.05, 0) is 24.3 Å². The van der Waals surface area contributed by atoms with Crippen molar-refractivity contribution >= 4 is 9.73 Å². The Morgan fingerprint density at radius 1 is 1.33 bits per heavy atom. The Morgan fingerprint density at radius 2 is 1.83 bits per heavy atom. The zero-order valence-corrected chi connectivity index (χ0v) is 7.85. The molecule has 0 amide bonds. The van der Waals surface area contributed by atoms with Gasteiger partial charge in [-0.15, -0.1) is 0 Å². The molecule has 1 aromatic carbocycles. The lowest BCUT2D eigenvalue weighted by Crippen LogP contribution is -1.94. The van der Waals surface area contributed by atoms with Crippen LogP contribution < -0.4 is 4.74 Å². The van der Waals surface area contributed by atoms with E-state index in [0.717, 1.165) is 0 Å². The molecule has 0 aliphatic heterocycles. The second-order valence-corrected chi connectivity index (χ2v) is 4.68. The van der Waals surface area contributed by atoms with E-state index in [0.29, 0.717) is 10.6 Å². The molecule has 0 aliphatic carbocycles. The highest BCUT2D eigenvalue weighted by atomic mass is 32.2. The maximum atomic E-state index is 11.2. The molecule has 1 N–H and O–H groups in total. The Balaban J connectivity index is 3.09. The molecule has 0 spiro atoms. The number of benzene rings is 1. The van der Waals surface area contributed by atoms with Gasteiger partial charge >= 0.3 is 0 Å². The Labute approximate surface area is 72.3 Å². The van der Waals surface area contributed by atoms with E-state index < -0.39 is 9.73 Å². The number of hydrogen-bond acceptors (Lipinski definition) is 3. The van der Waals surface area contributed by atoms with E-state index in [2.05, 4.69) is 0 Å². The molecule has 3 nitrogen and oxygen atoms in total. The summed E-state index contributed by atoms with van der Waals surface area (Å²) >= 11 is 0. The van der Waals surface area contributed by atoms with E-state index in [9.17, 15) is 4.21 Å². The van der Waals surface area contributed by atoms with Crippen LogP contribution >= 0.6 is 0 Å². The molecule has 0 saturated carbocycles. The Bertz CT molecular complexity index is 353. The quantitative estimate of drug-likeness (QED) is 0.762. The molecular formula is C8H11NO2S. The van der Waals surface area contributed by atoms with E-state index in [1.165, 1.54) is 6.26 Å². The van der Waals surface area contributed by atoms with E-state index in [-0.39, 0.29) is 0 Å². The summed E-state index contributed by atoms with van der Waals surface area (Å²) in [4.78, 5) is 0.531. The Hall–Kier alpha value is -1.03. The monoisotopic (exact) mass is 185 g/mol. The van der Waals surface area contributed by atoms with Crippen LogP contribution in [-0.4, -0.2) is 17.6 Å². The SMILES string of the molecule is COc1ccc([S@@](C)(=N)=O)cc1. The Morgan fingerprint density at radius 3 is 2.17 bits per heavy atom. The van der Waals surface area contributed by atoms with Crippen LogP contribution in [0.1, 0.15) is 0 Å². The molecule has 1 aromatic rings. The first-order valence-electron chi connectivity index (χ1n) is 3.42. The van der Waals surface area contributed by atoms with Gasteiger partial charge in [0, 0.05) is 11.2 Å². The van der Waals surface area contributed by atoms with E-state index in [1.807, 2.05) is 0 Å². The van der Waals surface area contributed by atoms with Crippen molar-refractivity contribution in [3.63, 3.8) is 0 Å². The van der Waals surface area contributed by atoms with Crippen molar-refractivity contribution in [1.29, 1.82) is 4.78 Å². The fourth-order valence-electron chi connectivity index (χ4n) is 0.835. The van der Waals surface area contributed by atoms with Crippen molar-refractivity contribution in [2.24, 2.45) is 0 Å². The van der Waals surface area contributed by atoms with Gasteiger partial charge in [0.05, 0.1) is 16.8 Å². The van der Waals surface area contributed by atoms with Crippen molar-refractivity contribution in [2.75, 3.05) is 13.4 Å². The molecule has 0 heterocycles. The minimum atomic E-state index is -2.58. The zero-order chi connectivity index (χ0) is 9.19. The molecule has 0 radical (unpaired) electrons. The summed E-state index contributed by atoms with van der Waals surface area (Å²) in [6.45, 7) is 0. The van der Waals surface area contributed by atoms with Crippen molar-refractivity contribution in [1.82, 2.24) is 0 Å². The normalized spacial score (nSPS) is 15.2. The van der Waals surface area contributed by atoms with Crippen molar-refractivity contribution in [3.05, 3.63) is 24.3 Å². The summed E-state index contributed by atoms with van der Waals surface area (Å²) in [7, 11) is -1.01. The zero-order valence-electron chi connectivity index (χ0n) is 7.03. The molecule has 12 heavy (non-hydrogen) atoms. The standard InChI is InChI=1S/C8H11NO2S/c1-11-7-3-5-8(6-4-7)12(2,9)10/h3-6,9H,1-2H3/t12-/m0/s1. The highest BCUT2D eigenvalue weighted by Gasteiger charge is 2.01. The fraction of sp³-hybridized carbons (Fsp3) is 0.250. The summed E-state index contributed by atoms with van der Waals surface area (Å²) in [6, 6.07) is 6.70. The van der Waals surface area contributed by atoms with Crippen LogP contribution in [0, 0.1) is 4.78 Å². The lowest BCUT2D eigenvalue weighted by Gasteiger charge is -2.02. The molecule has 4 heteroatoms. The van der Waals surface area contributed by atoms with E-state index in [4.69, 9.17) is 9.52 Å². The van der Waals surface area contributed by atoms with Crippen LogP contribution in [0.4, 0.5) is 0 Å². The van der Waals surface area contributed by atoms with Gasteiger partial charge in [0.1, 0.15) is 5.75 Å². The second kappa shape index (κ2) is 3.15. The van der Waals surface area contributed by atoms with Gasteiger partial charge in [0.15, 0.2) is 0 Å². The van der Waals surface area contributed by atoms with Gasteiger partial charge < -0.3 is 4.74 Å². The average Bonchev–Trinajstić information content (AvgIpc) is 2.03. The maximum Gasteiger partial charge on any atom is 0.118 e. The molecule has 0 unspecified atom stereocenters. The molecule has 0 aromatic heterocycles. The van der Waals surface area contributed by atoms with Gasteiger partial charge in [0.2, 0.25) is 0 Å². The van der Waals surface area contributed by atoms with Gasteiger partial charge in [-0.1, -0.05) is 0 Å². The molecular weight excluding hydrogens is 174 g/mol. The molecule has 0 bridgehead atoms. The van der Waals surface area contributed by atoms with Crippen LogP contribution in [0.15, 0.2) is 29.2 Å². The Kier molecular flexibility index (Phi) is 2.38. The first kappa shape index (κ1) is 9.06. The molecule has 0 fully saturated rings. The molecule has 1 atom stereocenters. The molecule has 66 valence electrons. The summed E-state index contributed by atoms with van der Waals surface area (Å²) in [5.74, 6) is 0.711. The predicted octanol–water partition coefficient (Wildman–Crippen LogP) is 1.73. The molecule has 0 aliphatic rings. The van der Waals surface area contributed by atoms with Crippen molar-refractivity contribution in [2.45, 2.75) is 4.90 Å². The van der Waals surface area contributed by atoms with Crippen molar-refractivity contribution < 1.29 is 8.95 Å². The number of hydrogen-bond donors (Lipinski definition) is 1. The maximum absolute atomic E-state index is 11.2. The first-order chi connectivity index (χ1) is 5.54. The summed E-state index contributed by atoms with van der Waals surface area (Å²) in [5, 5.41) is 0. The van der Waals surface area contributed by atoms with Gasteiger partial charge in [-0.3, -0.25) is 0 Å². The summed E-state index contributed by atoms with van der Waals surface area (Å²) in [5.41, 5.74) is 0. The smallest absolute Gasteiger partial charge is 0.118 e. The first-order valence-corrected chi connectivity index (χ1v) is 5.38. The average molecular weight is 185 g/mol. The highest BCUT2D eigenvalue weighted by Crippen LogP contribution is 2.15. The van der Waals surface area contributed by atoms with Crippen molar-refractivity contribution in [3.8, 4) is 5.75 Å². The number of nitrogens with one attached hydrogen (secondary N) is 1. The lowest BCUT2D eigenvalue weighted by molar-refractivity contribution is 0.414. The topological polar surface area (TPSA) is 50.1 Å². The number of methoxy groups -OCH3 is 1. The minimum Gasteiger partial charge on any atom is -0.497 e. The third kappa shape index (κ3) is 1.98. The minimum absolute atomic E-state index is 0.531. The molecule has 1 rings (SSSR count). The third-order valence-corrected chi connectivity index (χ3v) is 2.68. The number of ether oxygens (including phenoxy) is 1. The summed E-state index contributed by atoms with van der Waals surface area (Å²) < 4.78 is 23.4. The van der Waals surface area contributed by atoms with E-state index >= 15 is 0 Å². The van der Waals surface area contributed by atoms with Crippen LogP contribution in [0.3, 0.4) is 0 Å². The van der Waals surface area contributed by atoms with E-state index in [1.54, 1.807) is 31.4 Å². The van der Waals surface area contributed by atoms with Crippen LogP contribution in [0.5, 0.6) is 5.75 Å². The largest absolute Gasteiger partial charge is 0.497 e. The van der Waals surface area contributed by atoms with Gasteiger partial charge in [-0.25, -0.2) is 8.99 Å². The second-order valence-electron chi connectivity index (χ2n) is 2.52.